The molecule has 0 aliphatic carbocycles. The third-order valence-corrected chi connectivity index (χ3v) is 6.97. The first-order valence-corrected chi connectivity index (χ1v) is 11.8. The fourth-order valence-electron chi connectivity index (χ4n) is 4.35. The van der Waals surface area contributed by atoms with Crippen LogP contribution in [0.2, 0.25) is 0 Å². The van der Waals surface area contributed by atoms with Crippen LogP contribution in [0.4, 0.5) is 5.95 Å². The number of piperazine rings is 1. The molecule has 2 aromatic rings. The Morgan fingerprint density at radius 3 is 2.28 bits per heavy atom. The number of hydrogen-bond acceptors (Lipinski definition) is 9. The van der Waals surface area contributed by atoms with Gasteiger partial charge in [-0.05, 0) is 17.5 Å². The Bertz CT molecular complexity index is 982. The molecule has 9 nitrogen and oxygen atoms in total. The number of amides is 2. The molecule has 3 aliphatic heterocycles. The summed E-state index contributed by atoms with van der Waals surface area (Å²) in [5.74, 6) is 0.325. The van der Waals surface area contributed by atoms with E-state index in [1.807, 2.05) is 17.5 Å². The van der Waals surface area contributed by atoms with Gasteiger partial charge in [0.1, 0.15) is 5.70 Å². The zero-order chi connectivity index (χ0) is 21.9. The Hall–Kier alpha value is -2.82. The lowest BCUT2D eigenvalue weighted by Crippen LogP contribution is -2.48. The second kappa shape index (κ2) is 9.35. The molecule has 3 aliphatic rings. The number of carbonyl (C=O) groups is 2. The van der Waals surface area contributed by atoms with Crippen LogP contribution in [0, 0.1) is 0 Å². The van der Waals surface area contributed by atoms with Crippen molar-refractivity contribution in [3.63, 3.8) is 0 Å². The summed E-state index contributed by atoms with van der Waals surface area (Å²) in [5.41, 5.74) is 1.07. The lowest BCUT2D eigenvalue weighted by molar-refractivity contribution is -0.138. The van der Waals surface area contributed by atoms with E-state index in [4.69, 9.17) is 4.74 Å². The van der Waals surface area contributed by atoms with E-state index >= 15 is 0 Å². The summed E-state index contributed by atoms with van der Waals surface area (Å²) in [6, 6.07) is 5.64. The lowest BCUT2D eigenvalue weighted by atomic mass is 10.1. The third-order valence-electron chi connectivity index (χ3n) is 6.09. The molecule has 0 bridgehead atoms. The number of rotatable bonds is 6. The topological polar surface area (TPSA) is 82.1 Å². The van der Waals surface area contributed by atoms with Gasteiger partial charge in [0, 0.05) is 69.6 Å². The van der Waals surface area contributed by atoms with E-state index in [1.165, 1.54) is 16.2 Å². The van der Waals surface area contributed by atoms with Gasteiger partial charge in [0.25, 0.3) is 11.8 Å². The zero-order valence-corrected chi connectivity index (χ0v) is 18.7. The number of anilines is 1. The van der Waals surface area contributed by atoms with E-state index in [0.29, 0.717) is 69.7 Å². The van der Waals surface area contributed by atoms with E-state index < -0.39 is 0 Å². The maximum Gasteiger partial charge on any atom is 0.277 e. The Morgan fingerprint density at radius 1 is 0.875 bits per heavy atom. The smallest absolute Gasteiger partial charge is 0.277 e. The van der Waals surface area contributed by atoms with Crippen molar-refractivity contribution in [1.29, 1.82) is 0 Å². The molecule has 2 fully saturated rings. The van der Waals surface area contributed by atoms with Crippen LogP contribution in [0.5, 0.6) is 0 Å². The van der Waals surface area contributed by atoms with Crippen molar-refractivity contribution in [2.24, 2.45) is 0 Å². The first-order valence-electron chi connectivity index (χ1n) is 10.9. The van der Waals surface area contributed by atoms with Crippen molar-refractivity contribution < 1.29 is 14.3 Å². The van der Waals surface area contributed by atoms with Crippen molar-refractivity contribution in [3.05, 3.63) is 46.5 Å². The minimum atomic E-state index is -0.186. The molecule has 32 heavy (non-hydrogen) atoms. The van der Waals surface area contributed by atoms with Crippen LogP contribution in [-0.4, -0.2) is 102 Å². The van der Waals surface area contributed by atoms with Crippen LogP contribution < -0.4 is 4.90 Å². The van der Waals surface area contributed by atoms with Crippen LogP contribution in [0.25, 0.3) is 5.57 Å². The Morgan fingerprint density at radius 2 is 1.59 bits per heavy atom. The number of nitrogens with zero attached hydrogens (tertiary/aromatic N) is 6. The average molecular weight is 455 g/mol. The summed E-state index contributed by atoms with van der Waals surface area (Å²) >= 11 is 1.50. The van der Waals surface area contributed by atoms with Gasteiger partial charge in [-0.2, -0.15) is 0 Å². The number of aromatic nitrogens is 2. The summed E-state index contributed by atoms with van der Waals surface area (Å²) in [5, 5.41) is 1.94. The Labute approximate surface area is 190 Å². The molecule has 2 aromatic heterocycles. The van der Waals surface area contributed by atoms with Gasteiger partial charge in [-0.1, -0.05) is 6.07 Å². The molecule has 0 spiro atoms. The van der Waals surface area contributed by atoms with Crippen LogP contribution in [0.3, 0.4) is 0 Å². The second-order valence-corrected chi connectivity index (χ2v) is 8.89. The monoisotopic (exact) mass is 454 g/mol. The first kappa shape index (κ1) is 21.0. The molecule has 0 N–H and O–H groups in total. The SMILES string of the molecule is O=C1C(c2cccs2)=C(N2CCN(c3ncccn3)CC2)C(=O)N1CCN1CCOCC1. The number of morpholine rings is 1. The third kappa shape index (κ3) is 4.13. The highest BCUT2D eigenvalue weighted by Gasteiger charge is 2.42. The van der Waals surface area contributed by atoms with Gasteiger partial charge >= 0.3 is 0 Å². The molecule has 2 saturated heterocycles. The van der Waals surface area contributed by atoms with Gasteiger partial charge in [-0.3, -0.25) is 19.4 Å². The van der Waals surface area contributed by atoms with Crippen LogP contribution in [0.15, 0.2) is 41.7 Å². The number of hydrogen-bond donors (Lipinski definition) is 0. The van der Waals surface area contributed by atoms with Gasteiger partial charge in [0.15, 0.2) is 0 Å². The van der Waals surface area contributed by atoms with E-state index in [1.54, 1.807) is 18.5 Å². The summed E-state index contributed by atoms with van der Waals surface area (Å²) in [6.07, 6.45) is 3.47. The van der Waals surface area contributed by atoms with E-state index in [0.717, 1.165) is 18.0 Å². The molecular formula is C22H26N6O3S. The lowest BCUT2D eigenvalue weighted by Gasteiger charge is -2.36. The minimum absolute atomic E-state index is 0.184. The summed E-state index contributed by atoms with van der Waals surface area (Å²) < 4.78 is 5.40. The molecule has 2 amide bonds. The summed E-state index contributed by atoms with van der Waals surface area (Å²) in [7, 11) is 0. The number of carbonyl (C=O) groups excluding carboxylic acids is 2. The number of imide groups is 1. The average Bonchev–Trinajstić information content (AvgIpc) is 3.45. The van der Waals surface area contributed by atoms with Crippen molar-refractivity contribution >= 4 is 34.7 Å². The summed E-state index contributed by atoms with van der Waals surface area (Å²) in [4.78, 5) is 44.2. The molecule has 0 atom stereocenters. The van der Waals surface area contributed by atoms with E-state index in [2.05, 4.69) is 24.7 Å². The van der Waals surface area contributed by atoms with Crippen LogP contribution in [-0.2, 0) is 14.3 Å². The highest BCUT2D eigenvalue weighted by atomic mass is 32.1. The molecule has 168 valence electrons. The van der Waals surface area contributed by atoms with Crippen molar-refractivity contribution in [2.45, 2.75) is 0 Å². The first-order chi connectivity index (χ1) is 15.7. The van der Waals surface area contributed by atoms with Crippen LogP contribution >= 0.6 is 11.3 Å². The Balaban J connectivity index is 1.34. The Kier molecular flexibility index (Phi) is 6.15. The van der Waals surface area contributed by atoms with Crippen molar-refractivity contribution in [1.82, 2.24) is 24.7 Å². The molecule has 5 heterocycles. The van der Waals surface area contributed by atoms with Gasteiger partial charge in [-0.15, -0.1) is 11.3 Å². The van der Waals surface area contributed by atoms with Crippen molar-refractivity contribution in [2.75, 3.05) is 70.5 Å². The molecule has 0 unspecified atom stereocenters. The fourth-order valence-corrected chi connectivity index (χ4v) is 5.12. The molecule has 0 aromatic carbocycles. The number of thiophene rings is 1. The van der Waals surface area contributed by atoms with Gasteiger partial charge in [0.2, 0.25) is 5.95 Å². The second-order valence-electron chi connectivity index (χ2n) is 7.94. The standard InChI is InChI=1S/C22H26N6O3S/c29-20-18(17-3-1-16-32-17)19(21(30)28(20)11-6-25-12-14-31-15-13-25)26-7-9-27(10-8-26)22-23-4-2-5-24-22/h1-5,16H,6-15H2. The quantitative estimate of drug-likeness (QED) is 0.592. The van der Waals surface area contributed by atoms with E-state index in [9.17, 15) is 9.59 Å². The maximum absolute atomic E-state index is 13.5. The zero-order valence-electron chi connectivity index (χ0n) is 17.9. The molecule has 0 saturated carbocycles. The van der Waals surface area contributed by atoms with Crippen LogP contribution in [0.1, 0.15) is 4.88 Å². The minimum Gasteiger partial charge on any atom is -0.379 e. The maximum atomic E-state index is 13.5. The highest BCUT2D eigenvalue weighted by molar-refractivity contribution is 7.11. The van der Waals surface area contributed by atoms with Gasteiger partial charge in [0.05, 0.1) is 18.8 Å². The molecule has 10 heteroatoms. The highest BCUT2D eigenvalue weighted by Crippen LogP contribution is 2.34. The van der Waals surface area contributed by atoms with Gasteiger partial charge < -0.3 is 14.5 Å². The predicted molar refractivity (Wildman–Crippen MR) is 121 cm³/mol. The molecular weight excluding hydrogens is 428 g/mol. The van der Waals surface area contributed by atoms with E-state index in [-0.39, 0.29) is 11.8 Å². The molecule has 0 radical (unpaired) electrons. The normalized spacial score (nSPS) is 20.6. The van der Waals surface area contributed by atoms with Gasteiger partial charge in [-0.25, -0.2) is 9.97 Å². The largest absolute Gasteiger partial charge is 0.379 e. The predicted octanol–water partition coefficient (Wildman–Crippen LogP) is 0.772. The summed E-state index contributed by atoms with van der Waals surface area (Å²) in [6.45, 7) is 6.79. The fraction of sp³-hybridized carbons (Fsp3) is 0.455. The molecule has 5 rings (SSSR count). The van der Waals surface area contributed by atoms with Crippen molar-refractivity contribution in [3.8, 4) is 0 Å². The number of ether oxygens (including phenoxy) is 1.